The molecule has 2 aliphatic rings. The van der Waals surface area contributed by atoms with Crippen LogP contribution in [0.5, 0.6) is 5.75 Å². The number of ether oxygens (including phenoxy) is 2. The van der Waals surface area contributed by atoms with Crippen molar-refractivity contribution in [1.82, 2.24) is 15.1 Å². The summed E-state index contributed by atoms with van der Waals surface area (Å²) in [5, 5.41) is 3.77. The monoisotopic (exact) mass is 485 g/mol. The van der Waals surface area contributed by atoms with E-state index in [1.165, 1.54) is 0 Å². The maximum Gasteiger partial charge on any atom is 0.253 e. The molecule has 0 saturated carbocycles. The Morgan fingerprint density at radius 3 is 2.47 bits per heavy atom. The van der Waals surface area contributed by atoms with Crippen LogP contribution in [0.2, 0.25) is 5.02 Å². The van der Waals surface area contributed by atoms with Crippen molar-refractivity contribution in [3.8, 4) is 5.75 Å². The molecular formula is C26H32ClN3O4. The van der Waals surface area contributed by atoms with Crippen molar-refractivity contribution < 1.29 is 19.1 Å². The van der Waals surface area contributed by atoms with Crippen LogP contribution in [0.25, 0.3) is 0 Å². The molecule has 0 unspecified atom stereocenters. The summed E-state index contributed by atoms with van der Waals surface area (Å²) in [5.41, 5.74) is 1.73. The highest BCUT2D eigenvalue weighted by Gasteiger charge is 2.30. The second-order valence-corrected chi connectivity index (χ2v) is 9.22. The number of hydrogen-bond donors (Lipinski definition) is 1. The van der Waals surface area contributed by atoms with E-state index in [1.807, 2.05) is 12.1 Å². The molecule has 2 aliphatic heterocycles. The fourth-order valence-corrected chi connectivity index (χ4v) is 4.79. The molecule has 0 spiro atoms. The number of hydrogen-bond acceptors (Lipinski definition) is 5. The summed E-state index contributed by atoms with van der Waals surface area (Å²) >= 11 is 5.95. The zero-order valence-corrected chi connectivity index (χ0v) is 20.3. The Balaban J connectivity index is 1.39. The Hall–Kier alpha value is -2.61. The highest BCUT2D eigenvalue weighted by atomic mass is 35.5. The third-order valence-corrected chi connectivity index (χ3v) is 6.88. The van der Waals surface area contributed by atoms with Crippen molar-refractivity contribution >= 4 is 23.4 Å². The number of likely N-dealkylation sites (tertiary alicyclic amines) is 1. The smallest absolute Gasteiger partial charge is 0.253 e. The molecule has 182 valence electrons. The number of piperidine rings is 1. The molecule has 2 saturated heterocycles. The summed E-state index contributed by atoms with van der Waals surface area (Å²) in [6.45, 7) is 4.60. The van der Waals surface area contributed by atoms with Gasteiger partial charge in [-0.3, -0.25) is 14.5 Å². The third-order valence-electron chi connectivity index (χ3n) is 6.63. The molecule has 2 amide bonds. The van der Waals surface area contributed by atoms with Crippen molar-refractivity contribution in [2.24, 2.45) is 5.92 Å². The minimum absolute atomic E-state index is 0.000349. The first-order valence-electron chi connectivity index (χ1n) is 11.8. The minimum Gasteiger partial charge on any atom is -0.497 e. The van der Waals surface area contributed by atoms with E-state index in [0.717, 1.165) is 37.2 Å². The molecule has 2 aromatic rings. The molecule has 34 heavy (non-hydrogen) atoms. The molecule has 0 aliphatic carbocycles. The molecule has 4 rings (SSSR count). The van der Waals surface area contributed by atoms with Crippen molar-refractivity contribution in [2.75, 3.05) is 53.0 Å². The Morgan fingerprint density at radius 1 is 1.09 bits per heavy atom. The van der Waals surface area contributed by atoms with E-state index in [2.05, 4.69) is 22.3 Å². The molecule has 0 aromatic heterocycles. The van der Waals surface area contributed by atoms with Crippen molar-refractivity contribution in [1.29, 1.82) is 0 Å². The zero-order valence-electron chi connectivity index (χ0n) is 19.5. The molecule has 2 heterocycles. The van der Waals surface area contributed by atoms with Gasteiger partial charge in [-0.05, 0) is 54.8 Å². The molecule has 1 N–H and O–H groups in total. The molecule has 0 radical (unpaired) electrons. The Kier molecular flexibility index (Phi) is 8.43. The largest absolute Gasteiger partial charge is 0.497 e. The first kappa shape index (κ1) is 24.5. The summed E-state index contributed by atoms with van der Waals surface area (Å²) in [6.07, 6.45) is 1.59. The number of rotatable bonds is 7. The second-order valence-electron chi connectivity index (χ2n) is 8.78. The lowest BCUT2D eigenvalue weighted by Gasteiger charge is -2.36. The quantitative estimate of drug-likeness (QED) is 0.651. The van der Waals surface area contributed by atoms with E-state index in [4.69, 9.17) is 21.1 Å². The van der Waals surface area contributed by atoms with E-state index >= 15 is 0 Å². The lowest BCUT2D eigenvalue weighted by atomic mass is 9.96. The van der Waals surface area contributed by atoms with Crippen molar-refractivity contribution in [2.45, 2.75) is 18.9 Å². The van der Waals surface area contributed by atoms with Crippen LogP contribution >= 0.6 is 11.6 Å². The normalized spacial score (nSPS) is 19.9. The maximum absolute atomic E-state index is 13.1. The number of nitrogens with zero attached hydrogens (tertiary/aromatic N) is 2. The SMILES string of the molecule is COc1ccc([C@@H](CNC(=O)[C@@H]2CCCN(C(=O)c3ccc(Cl)cc3)C2)N2CCOCC2)cc1. The number of amides is 2. The average Bonchev–Trinajstić information content (AvgIpc) is 2.90. The topological polar surface area (TPSA) is 71.1 Å². The van der Waals surface area contributed by atoms with Crippen LogP contribution in [0, 0.1) is 5.92 Å². The summed E-state index contributed by atoms with van der Waals surface area (Å²) < 4.78 is 10.8. The minimum atomic E-state index is -0.216. The molecule has 2 atom stereocenters. The van der Waals surface area contributed by atoms with E-state index in [1.54, 1.807) is 36.3 Å². The van der Waals surface area contributed by atoms with Gasteiger partial charge in [0, 0.05) is 43.3 Å². The second kappa shape index (κ2) is 11.7. The molecule has 8 heteroatoms. The Morgan fingerprint density at radius 2 is 1.79 bits per heavy atom. The summed E-state index contributed by atoms with van der Waals surface area (Å²) in [4.78, 5) is 30.2. The number of carbonyl (C=O) groups excluding carboxylic acids is 2. The van der Waals surface area contributed by atoms with Crippen LogP contribution in [0.3, 0.4) is 0 Å². The summed E-state index contributed by atoms with van der Waals surface area (Å²) in [7, 11) is 1.65. The van der Waals surface area contributed by atoms with Crippen LogP contribution in [0.1, 0.15) is 34.8 Å². The number of nitrogens with one attached hydrogen (secondary N) is 1. The van der Waals surface area contributed by atoms with Gasteiger partial charge in [-0.2, -0.15) is 0 Å². The fourth-order valence-electron chi connectivity index (χ4n) is 4.67. The van der Waals surface area contributed by atoms with Gasteiger partial charge in [0.2, 0.25) is 5.91 Å². The number of morpholine rings is 1. The predicted octanol–water partition coefficient (Wildman–Crippen LogP) is 3.39. The van der Waals surface area contributed by atoms with Crippen LogP contribution in [-0.4, -0.2) is 74.7 Å². The van der Waals surface area contributed by atoms with Crippen molar-refractivity contribution in [3.05, 3.63) is 64.7 Å². The Labute approximate surface area is 206 Å². The molecule has 0 bridgehead atoms. The standard InChI is InChI=1S/C26H32ClN3O4/c1-33-23-10-6-19(7-11-23)24(29-13-15-34-16-14-29)17-28-25(31)21-3-2-12-30(18-21)26(32)20-4-8-22(27)9-5-20/h4-11,21,24H,2-3,12-18H2,1H3,(H,28,31)/t21-,24-/m1/s1. The van der Waals surface area contributed by atoms with Crippen LogP contribution in [0.15, 0.2) is 48.5 Å². The predicted molar refractivity (Wildman–Crippen MR) is 131 cm³/mol. The van der Waals surface area contributed by atoms with Gasteiger partial charge in [0.05, 0.1) is 32.3 Å². The lowest BCUT2D eigenvalue weighted by molar-refractivity contribution is -0.126. The lowest BCUT2D eigenvalue weighted by Crippen LogP contribution is -2.48. The van der Waals surface area contributed by atoms with Crippen LogP contribution in [-0.2, 0) is 9.53 Å². The van der Waals surface area contributed by atoms with E-state index in [0.29, 0.717) is 43.4 Å². The van der Waals surface area contributed by atoms with Gasteiger partial charge in [-0.1, -0.05) is 23.7 Å². The van der Waals surface area contributed by atoms with Gasteiger partial charge >= 0.3 is 0 Å². The molecule has 2 fully saturated rings. The summed E-state index contributed by atoms with van der Waals surface area (Å²) in [6, 6.07) is 15.0. The number of methoxy groups -OCH3 is 1. The van der Waals surface area contributed by atoms with Gasteiger partial charge < -0.3 is 19.7 Å². The number of carbonyl (C=O) groups is 2. The van der Waals surface area contributed by atoms with Gasteiger partial charge in [0.1, 0.15) is 5.75 Å². The van der Waals surface area contributed by atoms with Crippen LogP contribution in [0.4, 0.5) is 0 Å². The van der Waals surface area contributed by atoms with Crippen molar-refractivity contribution in [3.63, 3.8) is 0 Å². The average molecular weight is 486 g/mol. The van der Waals surface area contributed by atoms with Gasteiger partial charge in [0.25, 0.3) is 5.91 Å². The van der Waals surface area contributed by atoms with Gasteiger partial charge in [-0.25, -0.2) is 0 Å². The highest BCUT2D eigenvalue weighted by molar-refractivity contribution is 6.30. The van der Waals surface area contributed by atoms with E-state index < -0.39 is 0 Å². The molecule has 7 nitrogen and oxygen atoms in total. The zero-order chi connectivity index (χ0) is 23.9. The molecule has 2 aromatic carbocycles. The Bertz CT molecular complexity index is 961. The molecular weight excluding hydrogens is 454 g/mol. The maximum atomic E-state index is 13.1. The fraction of sp³-hybridized carbons (Fsp3) is 0.462. The first-order chi connectivity index (χ1) is 16.5. The number of benzene rings is 2. The summed E-state index contributed by atoms with van der Waals surface area (Å²) in [5.74, 6) is 0.534. The third kappa shape index (κ3) is 6.09. The first-order valence-corrected chi connectivity index (χ1v) is 12.2. The van der Waals surface area contributed by atoms with Gasteiger partial charge in [-0.15, -0.1) is 0 Å². The number of halogens is 1. The van der Waals surface area contributed by atoms with Crippen LogP contribution < -0.4 is 10.1 Å². The highest BCUT2D eigenvalue weighted by Crippen LogP contribution is 2.25. The van der Waals surface area contributed by atoms with Gasteiger partial charge in [0.15, 0.2) is 0 Å². The van der Waals surface area contributed by atoms with E-state index in [9.17, 15) is 9.59 Å². The van der Waals surface area contributed by atoms with E-state index in [-0.39, 0.29) is 23.8 Å².